The van der Waals surface area contributed by atoms with Crippen LogP contribution in [-0.2, 0) is 9.53 Å². The van der Waals surface area contributed by atoms with Gasteiger partial charge in [0.15, 0.2) is 0 Å². The van der Waals surface area contributed by atoms with E-state index in [1.165, 1.54) is 0 Å². The molecule has 2 heterocycles. The number of carbonyl (C=O) groups is 2. The number of amides is 1. The second kappa shape index (κ2) is 10.5. The van der Waals surface area contributed by atoms with E-state index in [1.54, 1.807) is 11.0 Å². The molecule has 1 aromatic rings. The van der Waals surface area contributed by atoms with E-state index in [2.05, 4.69) is 21.9 Å². The predicted octanol–water partition coefficient (Wildman–Crippen LogP) is 2.93. The van der Waals surface area contributed by atoms with Crippen LogP contribution < -0.4 is 5.32 Å². The standard InChI is InChI=1S/C15H22N4O2.C2HF3O2/c1-4-8-21-15(20)19-7-5-6-13(10-19)18-14-9-11(2)16-12(3)17-14;3-2(4,5)1(6)7/h4,9,13H,1,5-8,10H2,2-3H3,(H,16,17,18);(H,6,7). The molecular formula is C17H23F3N4O4. The molecule has 2 rings (SSSR count). The Kier molecular flexibility index (Phi) is 8.68. The lowest BCUT2D eigenvalue weighted by Gasteiger charge is -2.32. The number of carbonyl (C=O) groups excluding carboxylic acids is 1. The Morgan fingerprint density at radius 3 is 2.61 bits per heavy atom. The highest BCUT2D eigenvalue weighted by Gasteiger charge is 2.38. The molecule has 0 bridgehead atoms. The van der Waals surface area contributed by atoms with E-state index in [4.69, 9.17) is 14.6 Å². The summed E-state index contributed by atoms with van der Waals surface area (Å²) in [5, 5.41) is 10.5. The van der Waals surface area contributed by atoms with Gasteiger partial charge in [0.25, 0.3) is 0 Å². The smallest absolute Gasteiger partial charge is 0.475 e. The van der Waals surface area contributed by atoms with E-state index >= 15 is 0 Å². The van der Waals surface area contributed by atoms with Crippen molar-refractivity contribution >= 4 is 17.9 Å². The van der Waals surface area contributed by atoms with Crippen molar-refractivity contribution in [3.8, 4) is 0 Å². The second-order valence-electron chi connectivity index (χ2n) is 6.04. The molecule has 1 aliphatic heterocycles. The fraction of sp³-hybridized carbons (Fsp3) is 0.529. The number of alkyl halides is 3. The molecule has 2 N–H and O–H groups in total. The fourth-order valence-electron chi connectivity index (χ4n) is 2.48. The molecule has 0 aromatic carbocycles. The van der Waals surface area contributed by atoms with Crippen LogP contribution >= 0.6 is 0 Å². The number of hydrogen-bond donors (Lipinski definition) is 2. The molecular weight excluding hydrogens is 381 g/mol. The first-order chi connectivity index (χ1) is 13.0. The lowest BCUT2D eigenvalue weighted by Crippen LogP contribution is -2.45. The van der Waals surface area contributed by atoms with Gasteiger partial charge in [0.2, 0.25) is 0 Å². The first-order valence-electron chi connectivity index (χ1n) is 8.44. The molecule has 1 unspecified atom stereocenters. The van der Waals surface area contributed by atoms with Gasteiger partial charge in [0, 0.05) is 30.9 Å². The third-order valence-corrected chi connectivity index (χ3v) is 3.56. The van der Waals surface area contributed by atoms with Gasteiger partial charge < -0.3 is 20.1 Å². The average molecular weight is 404 g/mol. The molecule has 1 atom stereocenters. The van der Waals surface area contributed by atoms with Gasteiger partial charge in [0.1, 0.15) is 18.2 Å². The number of carboxylic acids is 1. The van der Waals surface area contributed by atoms with Gasteiger partial charge in [-0.2, -0.15) is 13.2 Å². The summed E-state index contributed by atoms with van der Waals surface area (Å²) in [6.07, 6.45) is -1.84. The van der Waals surface area contributed by atoms with Crippen LogP contribution in [0.4, 0.5) is 23.8 Å². The highest BCUT2D eigenvalue weighted by Crippen LogP contribution is 2.16. The molecule has 1 saturated heterocycles. The topological polar surface area (TPSA) is 105 Å². The van der Waals surface area contributed by atoms with E-state index in [1.807, 2.05) is 19.9 Å². The Hall–Kier alpha value is -2.85. The average Bonchev–Trinajstić information content (AvgIpc) is 2.58. The Bertz CT molecular complexity index is 677. The van der Waals surface area contributed by atoms with E-state index in [-0.39, 0.29) is 18.7 Å². The third-order valence-electron chi connectivity index (χ3n) is 3.56. The molecule has 1 fully saturated rings. The molecule has 0 radical (unpaired) electrons. The van der Waals surface area contributed by atoms with Crippen molar-refractivity contribution in [2.24, 2.45) is 0 Å². The minimum atomic E-state index is -5.08. The van der Waals surface area contributed by atoms with E-state index < -0.39 is 12.1 Å². The molecule has 28 heavy (non-hydrogen) atoms. The van der Waals surface area contributed by atoms with Crippen LogP contribution in [0.25, 0.3) is 0 Å². The monoisotopic (exact) mass is 404 g/mol. The van der Waals surface area contributed by atoms with Crippen molar-refractivity contribution in [1.82, 2.24) is 14.9 Å². The van der Waals surface area contributed by atoms with Gasteiger partial charge in [-0.3, -0.25) is 0 Å². The number of nitrogens with zero attached hydrogens (tertiary/aromatic N) is 3. The number of aliphatic carboxylic acids is 1. The van der Waals surface area contributed by atoms with Gasteiger partial charge in [-0.1, -0.05) is 12.7 Å². The molecule has 0 spiro atoms. The number of halogens is 3. The molecule has 1 aliphatic rings. The number of aryl methyl sites for hydroxylation is 2. The lowest BCUT2D eigenvalue weighted by atomic mass is 10.1. The van der Waals surface area contributed by atoms with Gasteiger partial charge >= 0.3 is 18.2 Å². The van der Waals surface area contributed by atoms with Crippen LogP contribution in [0.5, 0.6) is 0 Å². The normalized spacial score (nSPS) is 16.5. The highest BCUT2D eigenvalue weighted by molar-refractivity contribution is 5.73. The van der Waals surface area contributed by atoms with Crippen LogP contribution in [-0.4, -0.2) is 64.0 Å². The summed E-state index contributed by atoms with van der Waals surface area (Å²) in [5.41, 5.74) is 0.933. The maximum atomic E-state index is 11.9. The Morgan fingerprint density at radius 1 is 1.43 bits per heavy atom. The largest absolute Gasteiger partial charge is 0.490 e. The zero-order valence-corrected chi connectivity index (χ0v) is 15.6. The summed E-state index contributed by atoms with van der Waals surface area (Å²) in [5.74, 6) is -1.20. The summed E-state index contributed by atoms with van der Waals surface area (Å²) >= 11 is 0. The molecule has 11 heteroatoms. The molecule has 8 nitrogen and oxygen atoms in total. The Balaban J connectivity index is 0.000000480. The molecule has 0 saturated carbocycles. The van der Waals surface area contributed by atoms with E-state index in [0.717, 1.165) is 36.7 Å². The van der Waals surface area contributed by atoms with Crippen molar-refractivity contribution in [3.63, 3.8) is 0 Å². The van der Waals surface area contributed by atoms with Gasteiger partial charge in [-0.25, -0.2) is 19.6 Å². The first kappa shape index (κ1) is 23.2. The number of carboxylic acid groups (broad SMARTS) is 1. The van der Waals surface area contributed by atoms with E-state index in [9.17, 15) is 18.0 Å². The van der Waals surface area contributed by atoms with Gasteiger partial charge in [-0.05, 0) is 26.7 Å². The molecule has 1 aromatic heterocycles. The minimum absolute atomic E-state index is 0.184. The summed E-state index contributed by atoms with van der Waals surface area (Å²) in [7, 11) is 0. The van der Waals surface area contributed by atoms with Crippen LogP contribution in [0.3, 0.4) is 0 Å². The number of likely N-dealkylation sites (tertiary alicyclic amines) is 1. The maximum absolute atomic E-state index is 11.9. The minimum Gasteiger partial charge on any atom is -0.475 e. The summed E-state index contributed by atoms with van der Waals surface area (Å²) in [6.45, 7) is 8.96. The molecule has 156 valence electrons. The summed E-state index contributed by atoms with van der Waals surface area (Å²) in [4.78, 5) is 31.1. The summed E-state index contributed by atoms with van der Waals surface area (Å²) < 4.78 is 36.8. The van der Waals surface area contributed by atoms with Crippen molar-refractivity contribution in [1.29, 1.82) is 0 Å². The van der Waals surface area contributed by atoms with Gasteiger partial charge in [-0.15, -0.1) is 0 Å². The number of aromatic nitrogens is 2. The molecule has 0 aliphatic carbocycles. The Labute approximate surface area is 160 Å². The Morgan fingerprint density at radius 2 is 2.07 bits per heavy atom. The fourth-order valence-corrected chi connectivity index (χ4v) is 2.48. The van der Waals surface area contributed by atoms with Crippen molar-refractivity contribution in [3.05, 3.63) is 30.2 Å². The zero-order chi connectivity index (χ0) is 21.3. The van der Waals surface area contributed by atoms with Gasteiger partial charge in [0.05, 0.1) is 0 Å². The van der Waals surface area contributed by atoms with Crippen molar-refractivity contribution in [2.75, 3.05) is 25.0 Å². The number of piperidine rings is 1. The van der Waals surface area contributed by atoms with Crippen molar-refractivity contribution < 1.29 is 32.6 Å². The number of ether oxygens (including phenoxy) is 1. The van der Waals surface area contributed by atoms with E-state index in [0.29, 0.717) is 6.54 Å². The van der Waals surface area contributed by atoms with Crippen LogP contribution in [0.1, 0.15) is 24.4 Å². The van der Waals surface area contributed by atoms with Crippen LogP contribution in [0, 0.1) is 13.8 Å². The number of nitrogens with one attached hydrogen (secondary N) is 1. The second-order valence-corrected chi connectivity index (χ2v) is 6.04. The number of hydrogen-bond acceptors (Lipinski definition) is 6. The molecule has 1 amide bonds. The van der Waals surface area contributed by atoms with Crippen molar-refractivity contribution in [2.45, 2.75) is 38.9 Å². The number of anilines is 1. The number of rotatable bonds is 4. The predicted molar refractivity (Wildman–Crippen MR) is 95.0 cm³/mol. The van der Waals surface area contributed by atoms with Crippen LogP contribution in [0.15, 0.2) is 18.7 Å². The zero-order valence-electron chi connectivity index (χ0n) is 15.6. The maximum Gasteiger partial charge on any atom is 0.490 e. The SMILES string of the molecule is C=CCOC(=O)N1CCCC(Nc2cc(C)nc(C)n2)C1.O=C(O)C(F)(F)F. The lowest BCUT2D eigenvalue weighted by molar-refractivity contribution is -0.192. The van der Waals surface area contributed by atoms with Crippen LogP contribution in [0.2, 0.25) is 0 Å². The first-order valence-corrected chi connectivity index (χ1v) is 8.44. The highest BCUT2D eigenvalue weighted by atomic mass is 19.4. The summed E-state index contributed by atoms with van der Waals surface area (Å²) in [6, 6.07) is 2.10. The quantitative estimate of drug-likeness (QED) is 0.744. The third kappa shape index (κ3) is 8.23.